The number of anilines is 1. The van der Waals surface area contributed by atoms with Gasteiger partial charge in [-0.1, -0.05) is 26.3 Å². The Bertz CT molecular complexity index is 356. The fraction of sp³-hybridized carbons (Fsp3) is 0.462. The molecule has 92 valence electrons. The normalized spacial score (nSPS) is 10.7. The largest absolute Gasteiger partial charge is 0.250 e. The molecule has 0 aliphatic rings. The third kappa shape index (κ3) is 4.34. The molecule has 0 saturated carbocycles. The Kier molecular flexibility index (Phi) is 5.93. The van der Waals surface area contributed by atoms with E-state index in [1.165, 1.54) is 18.4 Å². The summed E-state index contributed by atoms with van der Waals surface area (Å²) in [7, 11) is 0. The van der Waals surface area contributed by atoms with E-state index in [9.17, 15) is 0 Å². The summed E-state index contributed by atoms with van der Waals surface area (Å²) < 4.78 is 0. The molecular weight excluding hydrogens is 212 g/mol. The number of allylic oxidation sites excluding steroid dienone is 1. The number of hydrogen-bond acceptors (Lipinski definition) is 4. The van der Waals surface area contributed by atoms with E-state index in [4.69, 9.17) is 0 Å². The van der Waals surface area contributed by atoms with Crippen molar-refractivity contribution in [2.24, 2.45) is 5.10 Å². The lowest BCUT2D eigenvalue weighted by Gasteiger charge is -2.11. The van der Waals surface area contributed by atoms with Crippen molar-refractivity contribution >= 4 is 12.7 Å². The zero-order valence-electron chi connectivity index (χ0n) is 10.6. The van der Waals surface area contributed by atoms with Gasteiger partial charge >= 0.3 is 0 Å². The smallest absolute Gasteiger partial charge is 0.219 e. The Morgan fingerprint density at radius 2 is 2.06 bits per heavy atom. The third-order valence-corrected chi connectivity index (χ3v) is 2.35. The van der Waals surface area contributed by atoms with Crippen molar-refractivity contribution in [2.75, 3.05) is 5.01 Å². The van der Waals surface area contributed by atoms with Crippen LogP contribution >= 0.6 is 0 Å². The van der Waals surface area contributed by atoms with Gasteiger partial charge in [-0.15, -0.1) is 0 Å². The Morgan fingerprint density at radius 1 is 1.35 bits per heavy atom. The molecule has 0 N–H and O–H groups in total. The minimum atomic E-state index is 0.560. The average molecular weight is 232 g/mol. The Balaban J connectivity index is 2.70. The van der Waals surface area contributed by atoms with Crippen LogP contribution < -0.4 is 5.01 Å². The minimum Gasteiger partial charge on any atom is -0.219 e. The molecule has 0 unspecified atom stereocenters. The van der Waals surface area contributed by atoms with Gasteiger partial charge in [0, 0.05) is 25.3 Å². The fourth-order valence-corrected chi connectivity index (χ4v) is 1.36. The molecule has 0 amide bonds. The van der Waals surface area contributed by atoms with Crippen molar-refractivity contribution in [3.05, 3.63) is 30.2 Å². The maximum Gasteiger partial charge on any atom is 0.250 e. The van der Waals surface area contributed by atoms with Gasteiger partial charge in [0.1, 0.15) is 0 Å². The highest BCUT2D eigenvalue weighted by Gasteiger charge is 2.03. The van der Waals surface area contributed by atoms with Gasteiger partial charge in [-0.25, -0.2) is 15.0 Å². The SMILES string of the molecule is C=NN(/C=C\CC)c1ncc(CCCC)cn1. The standard InChI is InChI=1S/C13H20N4/c1-4-6-8-12-10-15-13(16-11-12)17(14-3)9-7-5-2/h7,9-11H,3-6,8H2,1-2H3/b9-7-. The highest BCUT2D eigenvalue weighted by molar-refractivity contribution is 5.38. The van der Waals surface area contributed by atoms with Crippen LogP contribution in [0, 0.1) is 0 Å². The molecule has 1 rings (SSSR count). The maximum absolute atomic E-state index is 4.29. The van der Waals surface area contributed by atoms with Crippen LogP contribution in [0.3, 0.4) is 0 Å². The molecule has 1 aromatic rings. The Labute approximate surface area is 103 Å². The fourth-order valence-electron chi connectivity index (χ4n) is 1.36. The lowest BCUT2D eigenvalue weighted by atomic mass is 10.2. The molecule has 0 fully saturated rings. The second-order valence-corrected chi connectivity index (χ2v) is 3.77. The number of aryl methyl sites for hydroxylation is 1. The Morgan fingerprint density at radius 3 is 2.59 bits per heavy atom. The van der Waals surface area contributed by atoms with Gasteiger partial charge in [0.05, 0.1) is 0 Å². The molecular formula is C13H20N4. The molecule has 4 heteroatoms. The molecule has 0 aliphatic heterocycles. The van der Waals surface area contributed by atoms with Gasteiger partial charge in [0.25, 0.3) is 0 Å². The lowest BCUT2D eigenvalue weighted by Crippen LogP contribution is -2.10. The van der Waals surface area contributed by atoms with Gasteiger partial charge in [-0.3, -0.25) is 0 Å². The molecule has 0 aromatic carbocycles. The van der Waals surface area contributed by atoms with Crippen molar-refractivity contribution in [2.45, 2.75) is 39.5 Å². The van der Waals surface area contributed by atoms with Crippen molar-refractivity contribution in [1.82, 2.24) is 9.97 Å². The number of hydrazone groups is 1. The zero-order valence-corrected chi connectivity index (χ0v) is 10.6. The topological polar surface area (TPSA) is 41.4 Å². The second-order valence-electron chi connectivity index (χ2n) is 3.77. The van der Waals surface area contributed by atoms with Crippen LogP contribution in [-0.4, -0.2) is 16.7 Å². The first-order valence-corrected chi connectivity index (χ1v) is 6.05. The highest BCUT2D eigenvalue weighted by Crippen LogP contribution is 2.09. The summed E-state index contributed by atoms with van der Waals surface area (Å²) in [6, 6.07) is 0. The van der Waals surface area contributed by atoms with Crippen LogP contribution in [0.1, 0.15) is 38.7 Å². The molecule has 0 saturated heterocycles. The van der Waals surface area contributed by atoms with Crippen LogP contribution in [0.4, 0.5) is 5.95 Å². The van der Waals surface area contributed by atoms with Gasteiger partial charge in [0.15, 0.2) is 0 Å². The number of nitrogens with zero attached hydrogens (tertiary/aromatic N) is 4. The third-order valence-electron chi connectivity index (χ3n) is 2.35. The molecule has 0 atom stereocenters. The highest BCUT2D eigenvalue weighted by atomic mass is 15.5. The number of aromatic nitrogens is 2. The zero-order chi connectivity index (χ0) is 12.5. The van der Waals surface area contributed by atoms with Crippen LogP contribution in [0.25, 0.3) is 0 Å². The molecule has 0 radical (unpaired) electrons. The molecule has 1 heterocycles. The lowest BCUT2D eigenvalue weighted by molar-refractivity contribution is 0.786. The van der Waals surface area contributed by atoms with E-state index in [2.05, 4.69) is 35.6 Å². The van der Waals surface area contributed by atoms with Crippen molar-refractivity contribution in [3.63, 3.8) is 0 Å². The molecule has 1 aromatic heterocycles. The molecule has 4 nitrogen and oxygen atoms in total. The first-order valence-electron chi connectivity index (χ1n) is 6.05. The van der Waals surface area contributed by atoms with E-state index in [-0.39, 0.29) is 0 Å². The van der Waals surface area contributed by atoms with Crippen LogP contribution in [0.2, 0.25) is 0 Å². The van der Waals surface area contributed by atoms with E-state index in [0.29, 0.717) is 5.95 Å². The predicted octanol–water partition coefficient (Wildman–Crippen LogP) is 3.16. The number of unbranched alkanes of at least 4 members (excludes halogenated alkanes) is 1. The van der Waals surface area contributed by atoms with Gasteiger partial charge in [0.2, 0.25) is 5.95 Å². The maximum atomic E-state index is 4.29. The molecule has 17 heavy (non-hydrogen) atoms. The minimum absolute atomic E-state index is 0.560. The first kappa shape index (κ1) is 13.4. The van der Waals surface area contributed by atoms with Crippen molar-refractivity contribution < 1.29 is 0 Å². The van der Waals surface area contributed by atoms with E-state index in [0.717, 1.165) is 12.8 Å². The summed E-state index contributed by atoms with van der Waals surface area (Å²) in [5, 5.41) is 5.44. The molecule has 0 aliphatic carbocycles. The summed E-state index contributed by atoms with van der Waals surface area (Å²) in [6.45, 7) is 7.74. The van der Waals surface area contributed by atoms with Gasteiger partial charge < -0.3 is 0 Å². The summed E-state index contributed by atoms with van der Waals surface area (Å²) in [4.78, 5) is 8.57. The monoisotopic (exact) mass is 232 g/mol. The summed E-state index contributed by atoms with van der Waals surface area (Å²) in [5.41, 5.74) is 1.17. The first-order chi connectivity index (χ1) is 8.31. The van der Waals surface area contributed by atoms with Gasteiger partial charge in [-0.2, -0.15) is 5.10 Å². The number of hydrogen-bond donors (Lipinski definition) is 0. The quantitative estimate of drug-likeness (QED) is 0.535. The summed E-state index contributed by atoms with van der Waals surface area (Å²) >= 11 is 0. The van der Waals surface area contributed by atoms with E-state index in [1.54, 1.807) is 5.01 Å². The van der Waals surface area contributed by atoms with Crippen LogP contribution in [0.5, 0.6) is 0 Å². The van der Waals surface area contributed by atoms with Gasteiger partial charge in [-0.05, 0) is 24.8 Å². The molecule has 0 bridgehead atoms. The second kappa shape index (κ2) is 7.54. The van der Waals surface area contributed by atoms with Crippen molar-refractivity contribution in [3.8, 4) is 0 Å². The Hall–Kier alpha value is -1.71. The van der Waals surface area contributed by atoms with Crippen molar-refractivity contribution in [1.29, 1.82) is 0 Å². The van der Waals surface area contributed by atoms with E-state index < -0.39 is 0 Å². The van der Waals surface area contributed by atoms with Crippen LogP contribution in [0.15, 0.2) is 29.8 Å². The summed E-state index contributed by atoms with van der Waals surface area (Å²) in [5.74, 6) is 0.560. The molecule has 0 spiro atoms. The number of rotatable bonds is 7. The average Bonchev–Trinajstić information content (AvgIpc) is 2.38. The van der Waals surface area contributed by atoms with E-state index >= 15 is 0 Å². The summed E-state index contributed by atoms with van der Waals surface area (Å²) in [6.07, 6.45) is 11.9. The van der Waals surface area contributed by atoms with Crippen LogP contribution in [-0.2, 0) is 6.42 Å². The van der Waals surface area contributed by atoms with E-state index in [1.807, 2.05) is 24.7 Å². The predicted molar refractivity (Wildman–Crippen MR) is 72.1 cm³/mol.